The van der Waals surface area contributed by atoms with Gasteiger partial charge in [0.15, 0.2) is 5.16 Å². The van der Waals surface area contributed by atoms with Crippen molar-refractivity contribution < 1.29 is 4.79 Å². The van der Waals surface area contributed by atoms with E-state index in [0.717, 1.165) is 40.9 Å². The predicted octanol–water partition coefficient (Wildman–Crippen LogP) is 1.88. The molecular formula is C12H17N5OS2. The van der Waals surface area contributed by atoms with E-state index in [2.05, 4.69) is 26.8 Å². The van der Waals surface area contributed by atoms with Crippen LogP contribution in [0.1, 0.15) is 34.4 Å². The van der Waals surface area contributed by atoms with Gasteiger partial charge in [-0.2, -0.15) is 0 Å². The summed E-state index contributed by atoms with van der Waals surface area (Å²) in [6.07, 6.45) is 5.49. The number of carbonyl (C=O) groups is 1. The van der Waals surface area contributed by atoms with Crippen LogP contribution in [0.3, 0.4) is 0 Å². The maximum atomic E-state index is 12.1. The van der Waals surface area contributed by atoms with Crippen molar-refractivity contribution in [2.45, 2.75) is 31.5 Å². The van der Waals surface area contributed by atoms with Crippen LogP contribution in [0.15, 0.2) is 11.4 Å². The largest absolute Gasteiger partial charge is 0.346 e. The molecule has 0 atom stereocenters. The summed E-state index contributed by atoms with van der Waals surface area (Å²) in [6.45, 7) is 2.51. The third kappa shape index (κ3) is 3.18. The Labute approximate surface area is 126 Å². The number of imidazole rings is 1. The van der Waals surface area contributed by atoms with Gasteiger partial charge in [0.2, 0.25) is 0 Å². The van der Waals surface area contributed by atoms with Crippen LogP contribution in [0, 0.1) is 0 Å². The molecule has 108 valence electrons. The van der Waals surface area contributed by atoms with Crippen molar-refractivity contribution in [2.75, 3.05) is 6.26 Å². The van der Waals surface area contributed by atoms with Crippen molar-refractivity contribution in [2.24, 2.45) is 7.05 Å². The van der Waals surface area contributed by atoms with E-state index >= 15 is 0 Å². The maximum absolute atomic E-state index is 12.1. The molecule has 0 radical (unpaired) electrons. The van der Waals surface area contributed by atoms with Gasteiger partial charge in [-0.1, -0.05) is 29.6 Å². The van der Waals surface area contributed by atoms with E-state index in [9.17, 15) is 4.79 Å². The topological polar surface area (TPSA) is 72.7 Å². The Hall–Kier alpha value is -1.41. The van der Waals surface area contributed by atoms with Crippen LogP contribution in [0.2, 0.25) is 0 Å². The molecule has 0 fully saturated rings. The van der Waals surface area contributed by atoms with Crippen LogP contribution >= 0.6 is 23.3 Å². The highest BCUT2D eigenvalue weighted by Gasteiger charge is 2.16. The Bertz CT molecular complexity index is 592. The number of aryl methyl sites for hydroxylation is 1. The molecule has 0 aromatic carbocycles. The fourth-order valence-corrected chi connectivity index (χ4v) is 2.99. The number of carbonyl (C=O) groups excluding carboxylic acids is 1. The number of hydrogen-bond acceptors (Lipinski definition) is 6. The summed E-state index contributed by atoms with van der Waals surface area (Å²) in [5, 5.41) is 7.83. The summed E-state index contributed by atoms with van der Waals surface area (Å²) >= 11 is 2.73. The van der Waals surface area contributed by atoms with Gasteiger partial charge in [-0.15, -0.1) is 5.10 Å². The summed E-state index contributed by atoms with van der Waals surface area (Å²) in [6, 6.07) is 0. The van der Waals surface area contributed by atoms with Crippen LogP contribution in [-0.4, -0.2) is 31.3 Å². The van der Waals surface area contributed by atoms with Crippen molar-refractivity contribution in [1.29, 1.82) is 0 Å². The molecule has 2 aromatic rings. The first-order valence-corrected chi connectivity index (χ1v) is 8.31. The number of hydrogen-bond donors (Lipinski definition) is 1. The number of thioether (sulfide) groups is 1. The van der Waals surface area contributed by atoms with Gasteiger partial charge < -0.3 is 9.88 Å². The summed E-state index contributed by atoms with van der Waals surface area (Å²) < 4.78 is 5.84. The summed E-state index contributed by atoms with van der Waals surface area (Å²) in [4.78, 5) is 17.0. The van der Waals surface area contributed by atoms with Crippen LogP contribution in [0.4, 0.5) is 0 Å². The molecule has 0 saturated carbocycles. The lowest BCUT2D eigenvalue weighted by Crippen LogP contribution is -2.24. The Morgan fingerprint density at radius 2 is 2.35 bits per heavy atom. The van der Waals surface area contributed by atoms with Crippen molar-refractivity contribution in [1.82, 2.24) is 24.5 Å². The molecule has 20 heavy (non-hydrogen) atoms. The second kappa shape index (κ2) is 6.85. The van der Waals surface area contributed by atoms with E-state index in [0.29, 0.717) is 11.4 Å². The molecule has 0 bridgehead atoms. The van der Waals surface area contributed by atoms with E-state index in [1.54, 1.807) is 18.0 Å². The van der Waals surface area contributed by atoms with E-state index in [1.165, 1.54) is 0 Å². The van der Waals surface area contributed by atoms with E-state index in [-0.39, 0.29) is 5.91 Å². The summed E-state index contributed by atoms with van der Waals surface area (Å²) in [5.41, 5.74) is 1.75. The lowest BCUT2D eigenvalue weighted by atomic mass is 10.2. The molecule has 0 spiro atoms. The molecule has 8 heteroatoms. The second-order valence-corrected chi connectivity index (χ2v) is 5.80. The number of aromatic nitrogens is 4. The highest BCUT2D eigenvalue weighted by molar-refractivity contribution is 7.98. The van der Waals surface area contributed by atoms with Crippen molar-refractivity contribution in [3.05, 3.63) is 22.5 Å². The Kier molecular flexibility index (Phi) is 5.13. The van der Waals surface area contributed by atoms with E-state index in [4.69, 9.17) is 0 Å². The number of rotatable bonds is 6. The Balaban J connectivity index is 2.01. The maximum Gasteiger partial charge on any atom is 0.265 e. The van der Waals surface area contributed by atoms with E-state index < -0.39 is 0 Å². The molecule has 6 nitrogen and oxygen atoms in total. The zero-order chi connectivity index (χ0) is 14.5. The first kappa shape index (κ1) is 15.0. The zero-order valence-electron chi connectivity index (χ0n) is 11.7. The number of nitrogens with one attached hydrogen (secondary N) is 1. The molecule has 0 unspecified atom stereocenters. The minimum Gasteiger partial charge on any atom is -0.346 e. The highest BCUT2D eigenvalue weighted by atomic mass is 32.2. The van der Waals surface area contributed by atoms with Crippen LogP contribution in [0.5, 0.6) is 0 Å². The summed E-state index contributed by atoms with van der Waals surface area (Å²) in [5.74, 6) is -0.115. The third-order valence-corrected chi connectivity index (χ3v) is 4.41. The average molecular weight is 311 g/mol. The fraction of sp³-hybridized carbons (Fsp3) is 0.500. The van der Waals surface area contributed by atoms with Crippen molar-refractivity contribution in [3.8, 4) is 0 Å². The molecule has 0 aliphatic heterocycles. The van der Waals surface area contributed by atoms with Crippen LogP contribution in [-0.2, 0) is 20.0 Å². The van der Waals surface area contributed by atoms with Gasteiger partial charge in [0.1, 0.15) is 4.88 Å². The molecule has 0 saturated heterocycles. The predicted molar refractivity (Wildman–Crippen MR) is 80.1 cm³/mol. The van der Waals surface area contributed by atoms with Gasteiger partial charge in [-0.3, -0.25) is 4.79 Å². The molecule has 0 aliphatic rings. The smallest absolute Gasteiger partial charge is 0.265 e. The average Bonchev–Trinajstić information content (AvgIpc) is 3.03. The minimum absolute atomic E-state index is 0.115. The van der Waals surface area contributed by atoms with Gasteiger partial charge >= 0.3 is 0 Å². The van der Waals surface area contributed by atoms with Gasteiger partial charge in [0.25, 0.3) is 5.91 Å². The zero-order valence-corrected chi connectivity index (χ0v) is 13.3. The lowest BCUT2D eigenvalue weighted by Gasteiger charge is -2.06. The third-order valence-electron chi connectivity index (χ3n) is 2.90. The molecule has 1 N–H and O–H groups in total. The fourth-order valence-electron chi connectivity index (χ4n) is 1.81. The first-order chi connectivity index (χ1) is 9.67. The number of nitrogens with zero attached hydrogens (tertiary/aromatic N) is 4. The SMILES string of the molecule is CCCc1nnsc1C(=O)NCc1cnc(SC)n1C. The summed E-state index contributed by atoms with van der Waals surface area (Å²) in [7, 11) is 1.94. The molecule has 0 aliphatic carbocycles. The lowest BCUT2D eigenvalue weighted by molar-refractivity contribution is 0.0953. The second-order valence-electron chi connectivity index (χ2n) is 4.28. The normalized spacial score (nSPS) is 10.8. The molecule has 2 aromatic heterocycles. The Morgan fingerprint density at radius 3 is 3.00 bits per heavy atom. The van der Waals surface area contributed by atoms with Crippen LogP contribution in [0.25, 0.3) is 0 Å². The monoisotopic (exact) mass is 311 g/mol. The van der Waals surface area contributed by atoms with Crippen molar-refractivity contribution in [3.63, 3.8) is 0 Å². The highest BCUT2D eigenvalue weighted by Crippen LogP contribution is 2.15. The minimum atomic E-state index is -0.115. The Morgan fingerprint density at radius 1 is 1.55 bits per heavy atom. The van der Waals surface area contributed by atoms with Gasteiger partial charge in [0.05, 0.1) is 24.1 Å². The standard InChI is InChI=1S/C12H17N5OS2/c1-4-5-9-10(20-16-15-9)11(18)13-6-8-7-14-12(19-3)17(8)2/h7H,4-6H2,1-3H3,(H,13,18). The molecule has 2 heterocycles. The van der Waals surface area contributed by atoms with Gasteiger partial charge in [-0.25, -0.2) is 4.98 Å². The molecular weight excluding hydrogens is 294 g/mol. The van der Waals surface area contributed by atoms with Crippen molar-refractivity contribution >= 4 is 29.2 Å². The van der Waals surface area contributed by atoms with Gasteiger partial charge in [-0.05, 0) is 24.2 Å². The van der Waals surface area contributed by atoms with E-state index in [1.807, 2.05) is 17.9 Å². The first-order valence-electron chi connectivity index (χ1n) is 6.31. The quantitative estimate of drug-likeness (QED) is 0.825. The molecule has 1 amide bonds. The van der Waals surface area contributed by atoms with Gasteiger partial charge in [0, 0.05) is 7.05 Å². The molecule has 2 rings (SSSR count). The van der Waals surface area contributed by atoms with Crippen LogP contribution < -0.4 is 5.32 Å². The number of amides is 1.